The molecule has 7 nitrogen and oxygen atoms in total. The van der Waals surface area contributed by atoms with E-state index in [1.165, 1.54) is 20.4 Å². The van der Waals surface area contributed by atoms with Gasteiger partial charge in [-0.2, -0.15) is 0 Å². The van der Waals surface area contributed by atoms with Crippen LogP contribution < -0.4 is 18.9 Å². The first-order valence-corrected chi connectivity index (χ1v) is 7.56. The summed E-state index contributed by atoms with van der Waals surface area (Å²) in [5, 5.41) is 9.52. The van der Waals surface area contributed by atoms with Crippen molar-refractivity contribution in [3.63, 3.8) is 0 Å². The molecule has 1 N–H and O–H groups in total. The lowest BCUT2D eigenvalue weighted by atomic mass is 10.1. The van der Waals surface area contributed by atoms with Crippen molar-refractivity contribution in [2.45, 2.75) is 0 Å². The van der Waals surface area contributed by atoms with Crippen LogP contribution in [0.1, 0.15) is 15.9 Å². The van der Waals surface area contributed by atoms with Gasteiger partial charge in [-0.15, -0.1) is 0 Å². The Morgan fingerprint density at radius 1 is 1.12 bits per heavy atom. The van der Waals surface area contributed by atoms with Crippen molar-refractivity contribution in [3.8, 4) is 23.0 Å². The molecule has 7 heteroatoms. The van der Waals surface area contributed by atoms with Crippen molar-refractivity contribution in [2.24, 2.45) is 4.99 Å². The van der Waals surface area contributed by atoms with E-state index < -0.39 is 5.97 Å². The molecule has 2 aromatic carbocycles. The minimum atomic E-state index is -1.13. The van der Waals surface area contributed by atoms with Gasteiger partial charge in [-0.1, -0.05) is 0 Å². The number of carbonyl (C=O) groups is 1. The van der Waals surface area contributed by atoms with E-state index in [0.717, 1.165) is 0 Å². The van der Waals surface area contributed by atoms with Gasteiger partial charge in [-0.3, -0.25) is 4.99 Å². The normalized spacial score (nSPS) is 12.9. The van der Waals surface area contributed by atoms with Gasteiger partial charge in [-0.25, -0.2) is 4.79 Å². The smallest absolute Gasteiger partial charge is 0.340 e. The minimum absolute atomic E-state index is 0.0110. The predicted molar refractivity (Wildman–Crippen MR) is 91.2 cm³/mol. The van der Waals surface area contributed by atoms with Crippen molar-refractivity contribution in [2.75, 3.05) is 27.4 Å². The Morgan fingerprint density at radius 2 is 1.88 bits per heavy atom. The predicted octanol–water partition coefficient (Wildman–Crippen LogP) is 2.92. The number of aromatic carboxylic acids is 1. The molecular formula is C18H17NO6. The maximum Gasteiger partial charge on any atom is 0.340 e. The van der Waals surface area contributed by atoms with Gasteiger partial charge in [0.05, 0.1) is 19.9 Å². The summed E-state index contributed by atoms with van der Waals surface area (Å²) in [6.07, 6.45) is 1.47. The molecule has 0 saturated heterocycles. The number of ether oxygens (including phenoxy) is 4. The van der Waals surface area contributed by atoms with Crippen LogP contribution in [0.15, 0.2) is 35.3 Å². The van der Waals surface area contributed by atoms with Crippen LogP contribution in [0.4, 0.5) is 5.69 Å². The van der Waals surface area contributed by atoms with Crippen LogP contribution in [0.5, 0.6) is 23.0 Å². The molecule has 0 aromatic heterocycles. The molecule has 0 fully saturated rings. The molecule has 0 bridgehead atoms. The molecule has 0 saturated carbocycles. The SMILES string of the molecule is COc1ccc(C=Nc2ccc3c(c2)OCCO3)c(C(=O)O)c1OC. The lowest BCUT2D eigenvalue weighted by Gasteiger charge is -2.18. The monoisotopic (exact) mass is 343 g/mol. The summed E-state index contributed by atoms with van der Waals surface area (Å²) >= 11 is 0. The lowest BCUT2D eigenvalue weighted by Crippen LogP contribution is -2.14. The van der Waals surface area contributed by atoms with Gasteiger partial charge in [0.2, 0.25) is 0 Å². The molecule has 1 aliphatic rings. The Bertz CT molecular complexity index is 831. The van der Waals surface area contributed by atoms with E-state index in [-0.39, 0.29) is 11.3 Å². The molecule has 0 unspecified atom stereocenters. The molecule has 0 radical (unpaired) electrons. The van der Waals surface area contributed by atoms with E-state index in [2.05, 4.69) is 4.99 Å². The van der Waals surface area contributed by atoms with E-state index in [1.54, 1.807) is 30.3 Å². The lowest BCUT2D eigenvalue weighted by molar-refractivity contribution is 0.0692. The number of methoxy groups -OCH3 is 2. The molecule has 0 spiro atoms. The second-order valence-corrected chi connectivity index (χ2v) is 5.16. The number of hydrogen-bond donors (Lipinski definition) is 1. The van der Waals surface area contributed by atoms with E-state index in [1.807, 2.05) is 0 Å². The molecule has 0 atom stereocenters. The summed E-state index contributed by atoms with van der Waals surface area (Å²) in [6, 6.07) is 8.54. The van der Waals surface area contributed by atoms with E-state index in [0.29, 0.717) is 41.7 Å². The maximum absolute atomic E-state index is 11.6. The van der Waals surface area contributed by atoms with Crippen molar-refractivity contribution in [1.82, 2.24) is 0 Å². The number of aliphatic imine (C=N–C) groups is 1. The third kappa shape index (κ3) is 3.35. The van der Waals surface area contributed by atoms with E-state index >= 15 is 0 Å². The van der Waals surface area contributed by atoms with Gasteiger partial charge in [0, 0.05) is 17.8 Å². The van der Waals surface area contributed by atoms with Crippen LogP contribution in [0.2, 0.25) is 0 Å². The number of carboxylic acid groups (broad SMARTS) is 1. The van der Waals surface area contributed by atoms with Crippen LogP contribution in [0.25, 0.3) is 0 Å². The van der Waals surface area contributed by atoms with Crippen LogP contribution in [-0.2, 0) is 0 Å². The largest absolute Gasteiger partial charge is 0.493 e. The van der Waals surface area contributed by atoms with E-state index in [4.69, 9.17) is 18.9 Å². The number of rotatable bonds is 5. The summed E-state index contributed by atoms with van der Waals surface area (Å²) in [5.74, 6) is 0.658. The number of fused-ring (bicyclic) bond motifs is 1. The fraction of sp³-hybridized carbons (Fsp3) is 0.222. The Hall–Kier alpha value is -3.22. The molecular weight excluding hydrogens is 326 g/mol. The fourth-order valence-corrected chi connectivity index (χ4v) is 2.53. The second-order valence-electron chi connectivity index (χ2n) is 5.16. The number of nitrogens with zero attached hydrogens (tertiary/aromatic N) is 1. The average molecular weight is 343 g/mol. The summed E-state index contributed by atoms with van der Waals surface area (Å²) in [7, 11) is 2.85. The zero-order valence-corrected chi connectivity index (χ0v) is 13.8. The first-order valence-electron chi connectivity index (χ1n) is 7.56. The minimum Gasteiger partial charge on any atom is -0.493 e. The van der Waals surface area contributed by atoms with Gasteiger partial charge >= 0.3 is 5.97 Å². The highest BCUT2D eigenvalue weighted by Crippen LogP contribution is 2.35. The molecule has 1 aliphatic heterocycles. The fourth-order valence-electron chi connectivity index (χ4n) is 2.53. The van der Waals surface area contributed by atoms with Crippen LogP contribution in [0.3, 0.4) is 0 Å². The number of hydrogen-bond acceptors (Lipinski definition) is 6. The molecule has 1 heterocycles. The van der Waals surface area contributed by atoms with Crippen LogP contribution in [-0.4, -0.2) is 44.7 Å². The Labute approximate surface area is 144 Å². The summed E-state index contributed by atoms with van der Waals surface area (Å²) < 4.78 is 21.3. The highest BCUT2D eigenvalue weighted by atomic mass is 16.6. The van der Waals surface area contributed by atoms with Crippen LogP contribution >= 0.6 is 0 Å². The third-order valence-electron chi connectivity index (χ3n) is 3.67. The Morgan fingerprint density at radius 3 is 2.56 bits per heavy atom. The molecule has 2 aromatic rings. The van der Waals surface area contributed by atoms with Crippen molar-refractivity contribution < 1.29 is 28.8 Å². The molecule has 25 heavy (non-hydrogen) atoms. The molecule has 3 rings (SSSR count). The van der Waals surface area contributed by atoms with E-state index in [9.17, 15) is 9.90 Å². The summed E-state index contributed by atoms with van der Waals surface area (Å²) in [4.78, 5) is 16.0. The Balaban J connectivity index is 1.97. The quantitative estimate of drug-likeness (QED) is 0.840. The first kappa shape index (κ1) is 16.6. The van der Waals surface area contributed by atoms with Gasteiger partial charge in [0.1, 0.15) is 18.8 Å². The topological polar surface area (TPSA) is 86.6 Å². The van der Waals surface area contributed by atoms with Crippen molar-refractivity contribution in [3.05, 3.63) is 41.5 Å². The number of benzene rings is 2. The van der Waals surface area contributed by atoms with Gasteiger partial charge < -0.3 is 24.1 Å². The second kappa shape index (κ2) is 7.12. The van der Waals surface area contributed by atoms with Crippen molar-refractivity contribution >= 4 is 17.9 Å². The molecule has 130 valence electrons. The first-order chi connectivity index (χ1) is 12.1. The zero-order valence-electron chi connectivity index (χ0n) is 13.8. The Kier molecular flexibility index (Phi) is 4.74. The van der Waals surface area contributed by atoms with Gasteiger partial charge in [0.15, 0.2) is 23.0 Å². The van der Waals surface area contributed by atoms with Gasteiger partial charge in [-0.05, 0) is 24.3 Å². The number of carboxylic acids is 1. The zero-order chi connectivity index (χ0) is 17.8. The standard InChI is InChI=1S/C18H17NO6/c1-22-14-5-3-11(16(18(20)21)17(14)23-2)10-19-12-4-6-13-15(9-12)25-8-7-24-13/h3-6,9-10H,7-8H2,1-2H3,(H,20,21). The van der Waals surface area contributed by atoms with Crippen molar-refractivity contribution in [1.29, 1.82) is 0 Å². The average Bonchev–Trinajstić information content (AvgIpc) is 2.65. The summed E-state index contributed by atoms with van der Waals surface area (Å²) in [6.45, 7) is 1.00. The third-order valence-corrected chi connectivity index (χ3v) is 3.67. The highest BCUT2D eigenvalue weighted by molar-refractivity contribution is 6.02. The molecule has 0 aliphatic carbocycles. The molecule has 0 amide bonds. The van der Waals surface area contributed by atoms with Crippen LogP contribution in [0, 0.1) is 0 Å². The van der Waals surface area contributed by atoms with Gasteiger partial charge in [0.25, 0.3) is 0 Å². The maximum atomic E-state index is 11.6. The summed E-state index contributed by atoms with van der Waals surface area (Å²) in [5.41, 5.74) is 1.01. The highest BCUT2D eigenvalue weighted by Gasteiger charge is 2.20.